The molecule has 32 valence electrons. The zero-order valence-corrected chi connectivity index (χ0v) is 8.47. The Morgan fingerprint density at radius 2 is 1.83 bits per heavy atom. The van der Waals surface area contributed by atoms with E-state index in [1.165, 1.54) is 7.11 Å². The third-order valence-corrected chi connectivity index (χ3v) is 4.28. The fraction of sp³-hybridized carbons (Fsp3) is 1.00. The van der Waals surface area contributed by atoms with Gasteiger partial charge >= 0.3 is 67.7 Å². The second kappa shape index (κ2) is 2.89. The minimum atomic E-state index is -3.59. The quantitative estimate of drug-likeness (QED) is 0.492. The van der Waals surface area contributed by atoms with Crippen LogP contribution in [-0.4, -0.2) is 56.2 Å². The van der Waals surface area contributed by atoms with Gasteiger partial charge in [0.15, 0.2) is 0 Å². The SMILES string of the molecule is CO[Se](=O)(=O)[K]. The van der Waals surface area contributed by atoms with Crippen LogP contribution in [0.1, 0.15) is 0 Å². The maximum atomic E-state index is 9.93. The predicted molar refractivity (Wildman–Crippen MR) is 19.9 cm³/mol. The molecule has 0 atom stereocenters. The van der Waals surface area contributed by atoms with Crippen LogP contribution in [0.5, 0.6) is 0 Å². The monoisotopic (exact) mass is 182 g/mol. The molecule has 0 bridgehead atoms. The molecule has 0 heterocycles. The van der Waals surface area contributed by atoms with Crippen LogP contribution in [0.4, 0.5) is 0 Å². The van der Waals surface area contributed by atoms with Crippen LogP contribution < -0.4 is 0 Å². The van der Waals surface area contributed by atoms with Gasteiger partial charge in [-0.2, -0.15) is 0 Å². The predicted octanol–water partition coefficient (Wildman–Crippen LogP) is -0.902. The van der Waals surface area contributed by atoms with E-state index in [1.807, 2.05) is 0 Å². The first-order valence-corrected chi connectivity index (χ1v) is 11.8. The Labute approximate surface area is 66.1 Å². The summed E-state index contributed by atoms with van der Waals surface area (Å²) >= 11 is -0.168. The summed E-state index contributed by atoms with van der Waals surface area (Å²) in [6.45, 7) is 0. The zero-order valence-electron chi connectivity index (χ0n) is 3.63. The van der Waals surface area contributed by atoms with Crippen LogP contribution in [0, 0.1) is 0 Å². The summed E-state index contributed by atoms with van der Waals surface area (Å²) in [6.07, 6.45) is 0. The first-order chi connectivity index (χ1) is 2.56. The molecule has 0 saturated heterocycles. The summed E-state index contributed by atoms with van der Waals surface area (Å²) in [7, 11) is 1.20. The van der Waals surface area contributed by atoms with Gasteiger partial charge in [-0.15, -0.1) is 0 Å². The summed E-state index contributed by atoms with van der Waals surface area (Å²) in [5.41, 5.74) is 0. The molecule has 0 aromatic carbocycles. The van der Waals surface area contributed by atoms with Crippen molar-refractivity contribution in [1.29, 1.82) is 0 Å². The topological polar surface area (TPSA) is 43.4 Å². The second-order valence-corrected chi connectivity index (χ2v) is 12.6. The number of hydrogen-bond acceptors (Lipinski definition) is 3. The minimum absolute atomic E-state index is 0.168. The van der Waals surface area contributed by atoms with E-state index >= 15 is 0 Å². The van der Waals surface area contributed by atoms with E-state index in [0.29, 0.717) is 0 Å². The van der Waals surface area contributed by atoms with Gasteiger partial charge in [-0.1, -0.05) is 0 Å². The number of rotatable bonds is 1. The van der Waals surface area contributed by atoms with E-state index in [-0.39, 0.29) is 45.4 Å². The first kappa shape index (κ1) is 7.72. The fourth-order valence-electron chi connectivity index (χ4n) is 0. The Hall–Kier alpha value is 1.72. The molecule has 0 aliphatic carbocycles. The number of hydrogen-bond donors (Lipinski definition) is 0. The van der Waals surface area contributed by atoms with Crippen molar-refractivity contribution in [2.75, 3.05) is 7.11 Å². The van der Waals surface area contributed by atoms with Crippen molar-refractivity contribution in [2.45, 2.75) is 0 Å². The summed E-state index contributed by atoms with van der Waals surface area (Å²) in [6, 6.07) is 0. The Morgan fingerprint density at radius 3 is 1.83 bits per heavy atom. The zero-order chi connectivity index (χ0) is 5.21. The van der Waals surface area contributed by atoms with Gasteiger partial charge in [-0.3, -0.25) is 0 Å². The normalized spacial score (nSPS) is 11.8. The second-order valence-electron chi connectivity index (χ2n) is 0.871. The van der Waals surface area contributed by atoms with E-state index < -0.39 is 3.68 Å². The van der Waals surface area contributed by atoms with E-state index in [2.05, 4.69) is 3.82 Å². The van der Waals surface area contributed by atoms with E-state index in [9.17, 15) is 7.67 Å². The Kier molecular flexibility index (Phi) is 3.71. The maximum absolute atomic E-state index is 9.93. The van der Waals surface area contributed by atoms with Crippen molar-refractivity contribution in [3.63, 3.8) is 0 Å². The van der Waals surface area contributed by atoms with Crippen LogP contribution in [0.15, 0.2) is 0 Å². The van der Waals surface area contributed by atoms with E-state index in [1.54, 1.807) is 0 Å². The molecule has 0 fully saturated rings. The van der Waals surface area contributed by atoms with Crippen LogP contribution in [0.2, 0.25) is 0 Å². The van der Waals surface area contributed by atoms with Gasteiger partial charge in [-0.25, -0.2) is 0 Å². The molecule has 3 nitrogen and oxygen atoms in total. The van der Waals surface area contributed by atoms with Crippen LogP contribution in [0.3, 0.4) is 0 Å². The standard InChI is InChI=1S/CH3O3Se.K/c1-4-5(2)3;/h1H3;. The molecule has 0 amide bonds. The molecule has 0 aliphatic rings. The third-order valence-electron chi connectivity index (χ3n) is 0.303. The molecule has 0 aromatic rings. The van der Waals surface area contributed by atoms with Crippen LogP contribution >= 0.6 is 0 Å². The van der Waals surface area contributed by atoms with Gasteiger partial charge in [-0.05, 0) is 0 Å². The van der Waals surface area contributed by atoms with Gasteiger partial charge in [0.25, 0.3) is 0 Å². The van der Waals surface area contributed by atoms with Crippen molar-refractivity contribution in [1.82, 2.24) is 0 Å². The van der Waals surface area contributed by atoms with Gasteiger partial charge in [0, 0.05) is 0 Å². The van der Waals surface area contributed by atoms with Gasteiger partial charge in [0.2, 0.25) is 0 Å². The van der Waals surface area contributed by atoms with Gasteiger partial charge < -0.3 is 0 Å². The average Bonchev–Trinajstić information content (AvgIpc) is 1.35. The molecule has 0 unspecified atom stereocenters. The molecule has 0 N–H and O–H groups in total. The van der Waals surface area contributed by atoms with Crippen molar-refractivity contribution in [2.24, 2.45) is 0 Å². The van der Waals surface area contributed by atoms with E-state index in [0.717, 1.165) is 0 Å². The molecule has 0 aliphatic heterocycles. The molecule has 0 saturated carbocycles. The molecule has 5 heteroatoms. The summed E-state index contributed by atoms with van der Waals surface area (Å²) in [4.78, 5) is 0. The van der Waals surface area contributed by atoms with Crippen molar-refractivity contribution < 1.29 is 11.5 Å². The molecule has 0 rings (SSSR count). The summed E-state index contributed by atoms with van der Waals surface area (Å²) in [5.74, 6) is 0. The molecular formula is CH3KO3Se. The molecule has 0 spiro atoms. The van der Waals surface area contributed by atoms with E-state index in [4.69, 9.17) is 0 Å². The van der Waals surface area contributed by atoms with Crippen LogP contribution in [-0.2, 0) is 11.5 Å². The van der Waals surface area contributed by atoms with Crippen molar-refractivity contribution in [3.8, 4) is 0 Å². The van der Waals surface area contributed by atoms with Crippen LogP contribution in [0.25, 0.3) is 0 Å². The summed E-state index contributed by atoms with van der Waals surface area (Å²) < 4.78 is 20.3. The first-order valence-electron chi connectivity index (χ1n) is 1.32. The van der Waals surface area contributed by atoms with Crippen molar-refractivity contribution in [3.05, 3.63) is 0 Å². The summed E-state index contributed by atoms with van der Waals surface area (Å²) in [5, 5.41) is 0. The third kappa shape index (κ3) is 5.72. The van der Waals surface area contributed by atoms with Crippen molar-refractivity contribution >= 4 is 49.1 Å². The fourth-order valence-corrected chi connectivity index (χ4v) is 0. The Morgan fingerprint density at radius 1 is 1.67 bits per heavy atom. The Bertz CT molecular complexity index is 113. The molecule has 0 radical (unpaired) electrons. The Balaban J connectivity index is 3.85. The average molecular weight is 181 g/mol. The molecular weight excluding hydrogens is 178 g/mol. The molecule has 0 aromatic heterocycles. The van der Waals surface area contributed by atoms with Gasteiger partial charge in [0.05, 0.1) is 0 Å². The van der Waals surface area contributed by atoms with Gasteiger partial charge in [0.1, 0.15) is 0 Å². The molecule has 6 heavy (non-hydrogen) atoms.